The highest BCUT2D eigenvalue weighted by Gasteiger charge is 2.32. The molecule has 6 heteroatoms. The van der Waals surface area contributed by atoms with E-state index in [4.69, 9.17) is 5.73 Å². The molecule has 1 aliphatic heterocycles. The second-order valence-electron chi connectivity index (χ2n) is 6.18. The van der Waals surface area contributed by atoms with Crippen molar-refractivity contribution < 1.29 is 9.59 Å². The minimum absolute atomic E-state index is 0. The van der Waals surface area contributed by atoms with Gasteiger partial charge in [-0.15, -0.1) is 12.4 Å². The number of carbonyl (C=O) groups excluding carboxylic acids is 2. The number of halogens is 1. The minimum atomic E-state index is -0.455. The van der Waals surface area contributed by atoms with E-state index in [9.17, 15) is 9.59 Å². The molecule has 1 aliphatic rings. The van der Waals surface area contributed by atoms with Crippen LogP contribution in [-0.4, -0.2) is 30.4 Å². The van der Waals surface area contributed by atoms with Crippen LogP contribution >= 0.6 is 12.4 Å². The summed E-state index contributed by atoms with van der Waals surface area (Å²) in [6, 6.07) is 7.19. The van der Waals surface area contributed by atoms with Crippen LogP contribution in [-0.2, 0) is 9.59 Å². The van der Waals surface area contributed by atoms with Crippen molar-refractivity contribution in [1.82, 2.24) is 5.32 Å². The third kappa shape index (κ3) is 4.69. The lowest BCUT2D eigenvalue weighted by atomic mass is 10.00. The number of hydrogen-bond donors (Lipinski definition) is 2. The number of benzene rings is 1. The molecule has 3 N–H and O–H groups in total. The van der Waals surface area contributed by atoms with Crippen molar-refractivity contribution in [2.24, 2.45) is 11.7 Å². The Morgan fingerprint density at radius 1 is 1.30 bits per heavy atom. The quantitative estimate of drug-likeness (QED) is 0.881. The fourth-order valence-electron chi connectivity index (χ4n) is 2.53. The molecule has 3 unspecified atom stereocenters. The average Bonchev–Trinajstić information content (AvgIpc) is 2.49. The number of nitrogens with zero attached hydrogens (tertiary/aromatic N) is 1. The first-order chi connectivity index (χ1) is 10.4. The summed E-state index contributed by atoms with van der Waals surface area (Å²) in [7, 11) is 0. The third-order valence-corrected chi connectivity index (χ3v) is 4.30. The molecule has 1 fully saturated rings. The van der Waals surface area contributed by atoms with Gasteiger partial charge in [0, 0.05) is 24.2 Å². The van der Waals surface area contributed by atoms with Crippen LogP contribution in [0.3, 0.4) is 0 Å². The highest BCUT2D eigenvalue weighted by Crippen LogP contribution is 2.21. The van der Waals surface area contributed by atoms with Gasteiger partial charge in [-0.2, -0.15) is 0 Å². The Kier molecular flexibility index (Phi) is 7.03. The van der Waals surface area contributed by atoms with Crippen LogP contribution in [0.5, 0.6) is 0 Å². The number of carbonyl (C=O) groups is 2. The van der Waals surface area contributed by atoms with Gasteiger partial charge < -0.3 is 16.0 Å². The molecule has 3 atom stereocenters. The maximum Gasteiger partial charge on any atom is 0.249 e. The first-order valence-corrected chi connectivity index (χ1v) is 7.84. The van der Waals surface area contributed by atoms with Gasteiger partial charge in [0.15, 0.2) is 0 Å². The third-order valence-electron chi connectivity index (χ3n) is 4.30. The highest BCUT2D eigenvalue weighted by atomic mass is 35.5. The van der Waals surface area contributed by atoms with Gasteiger partial charge >= 0.3 is 0 Å². The van der Waals surface area contributed by atoms with Gasteiger partial charge in [-0.05, 0) is 38.8 Å². The van der Waals surface area contributed by atoms with Gasteiger partial charge in [-0.1, -0.05) is 24.6 Å². The molecule has 2 amide bonds. The molecule has 1 saturated heterocycles. The van der Waals surface area contributed by atoms with Crippen LogP contribution in [0.2, 0.25) is 0 Å². The van der Waals surface area contributed by atoms with Gasteiger partial charge in [-0.25, -0.2) is 0 Å². The second-order valence-corrected chi connectivity index (χ2v) is 6.18. The van der Waals surface area contributed by atoms with E-state index in [1.54, 1.807) is 18.7 Å². The van der Waals surface area contributed by atoms with Crippen LogP contribution in [0.15, 0.2) is 24.3 Å². The fraction of sp³-hybridized carbons (Fsp3) is 0.529. The number of aryl methyl sites for hydroxylation is 1. The minimum Gasteiger partial charge on any atom is -0.344 e. The smallest absolute Gasteiger partial charge is 0.249 e. The van der Waals surface area contributed by atoms with Crippen LogP contribution in [0.1, 0.15) is 32.3 Å². The number of hydrogen-bond acceptors (Lipinski definition) is 3. The van der Waals surface area contributed by atoms with Gasteiger partial charge in [0.1, 0.15) is 6.04 Å². The molecule has 5 nitrogen and oxygen atoms in total. The first-order valence-electron chi connectivity index (χ1n) is 7.84. The Bertz CT molecular complexity index is 545. The van der Waals surface area contributed by atoms with Crippen molar-refractivity contribution >= 4 is 29.9 Å². The maximum atomic E-state index is 12.6. The highest BCUT2D eigenvalue weighted by molar-refractivity contribution is 6.00. The molecule has 0 bridgehead atoms. The van der Waals surface area contributed by atoms with Crippen LogP contribution in [0.25, 0.3) is 0 Å². The molecular weight excluding hydrogens is 314 g/mol. The lowest BCUT2D eigenvalue weighted by molar-refractivity contribution is -0.130. The largest absolute Gasteiger partial charge is 0.344 e. The maximum absolute atomic E-state index is 12.6. The Balaban J connectivity index is 0.00000264. The topological polar surface area (TPSA) is 75.4 Å². The summed E-state index contributed by atoms with van der Waals surface area (Å²) in [4.78, 5) is 26.5. The predicted molar refractivity (Wildman–Crippen MR) is 94.8 cm³/mol. The molecule has 2 rings (SSSR count). The Hall–Kier alpha value is -1.59. The van der Waals surface area contributed by atoms with E-state index in [0.717, 1.165) is 17.7 Å². The summed E-state index contributed by atoms with van der Waals surface area (Å²) in [5, 5.41) is 2.85. The van der Waals surface area contributed by atoms with Crippen molar-refractivity contribution in [3.05, 3.63) is 29.8 Å². The van der Waals surface area contributed by atoms with E-state index in [1.807, 2.05) is 31.2 Å². The number of rotatable bonds is 4. The summed E-state index contributed by atoms with van der Waals surface area (Å²) in [6.07, 6.45) is 1.55. The van der Waals surface area contributed by atoms with E-state index in [1.165, 1.54) is 0 Å². The van der Waals surface area contributed by atoms with E-state index in [-0.39, 0.29) is 36.2 Å². The zero-order valence-corrected chi connectivity index (χ0v) is 14.7. The first kappa shape index (κ1) is 19.5. The van der Waals surface area contributed by atoms with E-state index in [0.29, 0.717) is 13.0 Å². The molecule has 0 spiro atoms. The van der Waals surface area contributed by atoms with Gasteiger partial charge in [0.05, 0.1) is 0 Å². The summed E-state index contributed by atoms with van der Waals surface area (Å²) in [6.45, 7) is 6.29. The standard InChI is InChI=1S/C17H25N3O2.ClH/c1-11-6-8-14(9-7-11)20-10-4-5-15(17(20)22)19-16(21)12(2)13(3)18;/h6-9,12-13,15H,4-5,10,18H2,1-3H3,(H,19,21);1H. The Morgan fingerprint density at radius 2 is 1.91 bits per heavy atom. The number of nitrogens with one attached hydrogen (secondary N) is 1. The van der Waals surface area contributed by atoms with E-state index < -0.39 is 6.04 Å². The van der Waals surface area contributed by atoms with Crippen molar-refractivity contribution in [2.45, 2.75) is 45.7 Å². The molecule has 1 heterocycles. The molecule has 23 heavy (non-hydrogen) atoms. The Morgan fingerprint density at radius 3 is 2.48 bits per heavy atom. The molecule has 1 aromatic carbocycles. The molecule has 128 valence electrons. The summed E-state index contributed by atoms with van der Waals surface area (Å²) in [5.41, 5.74) is 7.79. The molecule has 0 aromatic heterocycles. The van der Waals surface area contributed by atoms with Crippen LogP contribution in [0, 0.1) is 12.8 Å². The number of piperidine rings is 1. The van der Waals surface area contributed by atoms with E-state index in [2.05, 4.69) is 5.32 Å². The molecule has 1 aromatic rings. The fourth-order valence-corrected chi connectivity index (χ4v) is 2.53. The summed E-state index contributed by atoms with van der Waals surface area (Å²) < 4.78 is 0. The summed E-state index contributed by atoms with van der Waals surface area (Å²) in [5.74, 6) is -0.498. The molecule has 0 radical (unpaired) electrons. The monoisotopic (exact) mass is 339 g/mol. The molecular formula is C17H26ClN3O2. The number of nitrogens with two attached hydrogens (primary N) is 1. The lowest BCUT2D eigenvalue weighted by Crippen LogP contribution is -2.54. The van der Waals surface area contributed by atoms with Gasteiger partial charge in [-0.3, -0.25) is 9.59 Å². The van der Waals surface area contributed by atoms with Crippen LogP contribution < -0.4 is 16.0 Å². The van der Waals surface area contributed by atoms with Gasteiger partial charge in [0.2, 0.25) is 11.8 Å². The lowest BCUT2D eigenvalue weighted by Gasteiger charge is -2.33. The van der Waals surface area contributed by atoms with Crippen molar-refractivity contribution in [3.8, 4) is 0 Å². The second kappa shape index (κ2) is 8.31. The zero-order chi connectivity index (χ0) is 16.3. The normalized spacial score (nSPS) is 20.4. The zero-order valence-electron chi connectivity index (χ0n) is 13.9. The van der Waals surface area contributed by atoms with Gasteiger partial charge in [0.25, 0.3) is 0 Å². The van der Waals surface area contributed by atoms with E-state index >= 15 is 0 Å². The van der Waals surface area contributed by atoms with Crippen molar-refractivity contribution in [2.75, 3.05) is 11.4 Å². The predicted octanol–water partition coefficient (Wildman–Crippen LogP) is 2.01. The summed E-state index contributed by atoms with van der Waals surface area (Å²) >= 11 is 0. The average molecular weight is 340 g/mol. The number of amides is 2. The van der Waals surface area contributed by atoms with Crippen LogP contribution in [0.4, 0.5) is 5.69 Å². The molecule has 0 saturated carbocycles. The SMILES string of the molecule is Cc1ccc(N2CCCC(NC(=O)C(C)C(C)N)C2=O)cc1.Cl. The van der Waals surface area contributed by atoms with Crippen molar-refractivity contribution in [3.63, 3.8) is 0 Å². The Labute approximate surface area is 144 Å². The number of anilines is 1. The molecule has 0 aliphatic carbocycles. The van der Waals surface area contributed by atoms with Crippen molar-refractivity contribution in [1.29, 1.82) is 0 Å².